The van der Waals surface area contributed by atoms with Crippen LogP contribution >= 0.6 is 0 Å². The Morgan fingerprint density at radius 1 is 1.11 bits per heavy atom. The number of hydrogen-bond donors (Lipinski definition) is 2. The Bertz CT molecular complexity index is 926. The molecule has 1 unspecified atom stereocenters. The van der Waals surface area contributed by atoms with Crippen molar-refractivity contribution in [2.24, 2.45) is 16.5 Å². The van der Waals surface area contributed by atoms with E-state index in [9.17, 15) is 18.0 Å². The molecule has 142 valence electrons. The third-order valence-corrected chi connectivity index (χ3v) is 5.08. The maximum Gasteiger partial charge on any atom is 0.280 e. The van der Waals surface area contributed by atoms with Crippen molar-refractivity contribution in [2.75, 3.05) is 0 Å². The highest BCUT2D eigenvalue weighted by molar-refractivity contribution is 6.02. The van der Waals surface area contributed by atoms with Gasteiger partial charge < -0.3 is 11.5 Å². The molecule has 2 aromatic carbocycles. The van der Waals surface area contributed by atoms with E-state index in [0.29, 0.717) is 30.5 Å². The molecule has 4 nitrogen and oxygen atoms in total. The first-order valence-electron chi connectivity index (χ1n) is 8.53. The molecule has 0 saturated carbocycles. The zero-order valence-electron chi connectivity index (χ0n) is 15.0. The van der Waals surface area contributed by atoms with Gasteiger partial charge in [0.25, 0.3) is 5.91 Å². The Hall–Kier alpha value is -2.83. The molecule has 0 saturated heterocycles. The highest BCUT2D eigenvalue weighted by atomic mass is 19.1. The normalized spacial score (nSPS) is 17.9. The number of fused-ring (bicyclic) bond motifs is 1. The molecule has 2 aromatic rings. The van der Waals surface area contributed by atoms with E-state index in [1.165, 1.54) is 0 Å². The Labute approximate surface area is 155 Å². The molecule has 0 spiro atoms. The summed E-state index contributed by atoms with van der Waals surface area (Å²) in [5.41, 5.74) is 11.8. The van der Waals surface area contributed by atoms with Crippen LogP contribution in [0.2, 0.25) is 0 Å². The maximum atomic E-state index is 14.4. The fraction of sp³-hybridized carbons (Fsp3) is 0.300. The number of hydrogen-bond acceptors (Lipinski definition) is 1. The van der Waals surface area contributed by atoms with Gasteiger partial charge in [-0.15, -0.1) is 0 Å². The monoisotopic (exact) mass is 375 g/mol. The van der Waals surface area contributed by atoms with Gasteiger partial charge in [-0.25, -0.2) is 13.2 Å². The lowest BCUT2D eigenvalue weighted by atomic mass is 9.66. The molecule has 0 bridgehead atoms. The quantitative estimate of drug-likeness (QED) is 0.620. The molecule has 1 aliphatic rings. The van der Waals surface area contributed by atoms with E-state index in [4.69, 9.17) is 11.5 Å². The zero-order valence-corrected chi connectivity index (χ0v) is 15.0. The van der Waals surface area contributed by atoms with Crippen molar-refractivity contribution in [3.63, 3.8) is 0 Å². The summed E-state index contributed by atoms with van der Waals surface area (Å²) in [4.78, 5) is 15.7. The summed E-state index contributed by atoms with van der Waals surface area (Å²) in [5.74, 6) is -4.50. The number of aliphatic imine (C=N–C) groups is 1. The smallest absolute Gasteiger partial charge is 0.280 e. The average molecular weight is 375 g/mol. The van der Waals surface area contributed by atoms with Crippen LogP contribution in [0.15, 0.2) is 35.3 Å². The van der Waals surface area contributed by atoms with Gasteiger partial charge in [-0.1, -0.05) is 19.9 Å². The predicted octanol–water partition coefficient (Wildman–Crippen LogP) is 3.72. The number of nitrogens with zero attached hydrogens (tertiary/aromatic N) is 1. The molecule has 1 atom stereocenters. The minimum Gasteiger partial charge on any atom is -0.370 e. The summed E-state index contributed by atoms with van der Waals surface area (Å²) in [6.07, 6.45) is 1.14. The molecule has 3 rings (SSSR count). The van der Waals surface area contributed by atoms with E-state index in [1.807, 2.05) is 13.8 Å². The fourth-order valence-corrected chi connectivity index (χ4v) is 3.76. The summed E-state index contributed by atoms with van der Waals surface area (Å²) in [6, 6.07) is 6.27. The van der Waals surface area contributed by atoms with Crippen LogP contribution in [0.25, 0.3) is 0 Å². The van der Waals surface area contributed by atoms with Gasteiger partial charge in [0.05, 0.1) is 0 Å². The first-order valence-corrected chi connectivity index (χ1v) is 8.53. The summed E-state index contributed by atoms with van der Waals surface area (Å²) < 4.78 is 42.1. The van der Waals surface area contributed by atoms with Gasteiger partial charge in [0.15, 0.2) is 5.96 Å². The van der Waals surface area contributed by atoms with Gasteiger partial charge >= 0.3 is 0 Å². The highest BCUT2D eigenvalue weighted by Gasteiger charge is 2.36. The van der Waals surface area contributed by atoms with Crippen LogP contribution in [0.1, 0.15) is 59.7 Å². The second-order valence-electron chi connectivity index (χ2n) is 7.40. The van der Waals surface area contributed by atoms with Crippen molar-refractivity contribution in [3.8, 4) is 0 Å². The first-order chi connectivity index (χ1) is 12.6. The molecule has 27 heavy (non-hydrogen) atoms. The Kier molecular flexibility index (Phi) is 4.71. The highest BCUT2D eigenvalue weighted by Crippen LogP contribution is 2.46. The third kappa shape index (κ3) is 3.54. The predicted molar refractivity (Wildman–Crippen MR) is 97.0 cm³/mol. The standard InChI is InChI=1S/C20H20F3N3O/c1-20(2)6-5-12(17-15(22)8-11(21)9-16(17)23)13-7-10(3-4-14(13)20)18(27)26-19(24)25/h3-4,7-9,12H,5-6H2,1-2H3,(H4,24,25,26,27). The topological polar surface area (TPSA) is 81.5 Å². The third-order valence-electron chi connectivity index (χ3n) is 5.08. The van der Waals surface area contributed by atoms with Crippen molar-refractivity contribution in [3.05, 3.63) is 70.0 Å². The van der Waals surface area contributed by atoms with Crippen LogP contribution in [0, 0.1) is 17.5 Å². The lowest BCUT2D eigenvalue weighted by Crippen LogP contribution is -2.28. The average Bonchev–Trinajstić information content (AvgIpc) is 2.55. The molecule has 7 heteroatoms. The van der Waals surface area contributed by atoms with Crippen LogP contribution < -0.4 is 11.5 Å². The molecule has 1 aliphatic carbocycles. The molecule has 0 aromatic heterocycles. The Morgan fingerprint density at radius 3 is 2.33 bits per heavy atom. The minimum atomic E-state index is -0.971. The SMILES string of the molecule is CC1(C)CCC(c2c(F)cc(F)cc2F)c2cc(C(=O)N=C(N)N)ccc21. The molecule has 0 radical (unpaired) electrons. The van der Waals surface area contributed by atoms with Crippen LogP contribution in [-0.4, -0.2) is 11.9 Å². The summed E-state index contributed by atoms with van der Waals surface area (Å²) in [7, 11) is 0. The van der Waals surface area contributed by atoms with Gasteiger partial charge in [-0.3, -0.25) is 4.79 Å². The van der Waals surface area contributed by atoms with Crippen LogP contribution in [0.4, 0.5) is 13.2 Å². The first kappa shape index (κ1) is 18.9. The van der Waals surface area contributed by atoms with E-state index < -0.39 is 29.3 Å². The van der Waals surface area contributed by atoms with E-state index in [1.54, 1.807) is 18.2 Å². The lowest BCUT2D eigenvalue weighted by Gasteiger charge is -2.37. The number of guanidine groups is 1. The van der Waals surface area contributed by atoms with Crippen molar-refractivity contribution >= 4 is 11.9 Å². The molecule has 1 amide bonds. The van der Waals surface area contributed by atoms with Crippen LogP contribution in [0.3, 0.4) is 0 Å². The number of halogens is 3. The van der Waals surface area contributed by atoms with Gasteiger partial charge in [-0.05, 0) is 41.5 Å². The number of benzene rings is 2. The van der Waals surface area contributed by atoms with Gasteiger partial charge in [0.1, 0.15) is 17.5 Å². The van der Waals surface area contributed by atoms with Gasteiger partial charge in [0.2, 0.25) is 0 Å². The molecular formula is C20H20F3N3O. The second kappa shape index (κ2) is 6.72. The second-order valence-corrected chi connectivity index (χ2v) is 7.40. The van der Waals surface area contributed by atoms with E-state index in [0.717, 1.165) is 5.56 Å². The van der Waals surface area contributed by atoms with E-state index in [2.05, 4.69) is 4.99 Å². The van der Waals surface area contributed by atoms with E-state index >= 15 is 0 Å². The van der Waals surface area contributed by atoms with Crippen molar-refractivity contribution in [2.45, 2.75) is 38.0 Å². The molecular weight excluding hydrogens is 355 g/mol. The molecule has 0 aliphatic heterocycles. The minimum absolute atomic E-state index is 0.195. The molecule has 4 N–H and O–H groups in total. The number of nitrogens with two attached hydrogens (primary N) is 2. The number of rotatable bonds is 2. The lowest BCUT2D eigenvalue weighted by molar-refractivity contribution is 0.100. The van der Waals surface area contributed by atoms with Crippen molar-refractivity contribution in [1.29, 1.82) is 0 Å². The van der Waals surface area contributed by atoms with Crippen LogP contribution in [-0.2, 0) is 5.41 Å². The number of carbonyl (C=O) groups is 1. The fourth-order valence-electron chi connectivity index (χ4n) is 3.76. The van der Waals surface area contributed by atoms with Crippen molar-refractivity contribution < 1.29 is 18.0 Å². The zero-order chi connectivity index (χ0) is 19.9. The Balaban J connectivity index is 2.19. The van der Waals surface area contributed by atoms with E-state index in [-0.39, 0.29) is 22.5 Å². The Morgan fingerprint density at radius 2 is 1.74 bits per heavy atom. The summed E-state index contributed by atoms with van der Waals surface area (Å²) >= 11 is 0. The van der Waals surface area contributed by atoms with Crippen LogP contribution in [0.5, 0.6) is 0 Å². The molecule has 0 heterocycles. The largest absolute Gasteiger partial charge is 0.370 e. The number of carbonyl (C=O) groups excluding carboxylic acids is 1. The molecule has 0 fully saturated rings. The van der Waals surface area contributed by atoms with Gasteiger partial charge in [-0.2, -0.15) is 4.99 Å². The van der Waals surface area contributed by atoms with Gasteiger partial charge in [0, 0.05) is 29.2 Å². The summed E-state index contributed by atoms with van der Waals surface area (Å²) in [6.45, 7) is 4.05. The summed E-state index contributed by atoms with van der Waals surface area (Å²) in [5, 5.41) is 0. The van der Waals surface area contributed by atoms with Crippen molar-refractivity contribution in [1.82, 2.24) is 0 Å². The number of amides is 1. The maximum absolute atomic E-state index is 14.4.